The Morgan fingerprint density at radius 1 is 0.863 bits per heavy atom. The Morgan fingerprint density at radius 3 is 2.04 bits per heavy atom. The summed E-state index contributed by atoms with van der Waals surface area (Å²) in [6, 6.07) is 16.0. The molecule has 1 fully saturated rings. The summed E-state index contributed by atoms with van der Waals surface area (Å²) in [5, 5.41) is 3.79. The lowest BCUT2D eigenvalue weighted by atomic mass is 9.96. The van der Waals surface area contributed by atoms with Crippen LogP contribution in [0.25, 0.3) is 5.57 Å². The Bertz CT molecular complexity index is 2040. The lowest BCUT2D eigenvalue weighted by Gasteiger charge is -2.35. The van der Waals surface area contributed by atoms with Gasteiger partial charge in [0.15, 0.2) is 0 Å². The number of nitrogens with zero attached hydrogens (tertiary/aromatic N) is 4. The average molecular weight is 779 g/mol. The van der Waals surface area contributed by atoms with E-state index in [0.29, 0.717) is 53.9 Å². The summed E-state index contributed by atoms with van der Waals surface area (Å²) in [6.07, 6.45) is 3.02. The normalized spacial score (nSPS) is 16.0. The van der Waals surface area contributed by atoms with E-state index < -0.39 is 37.6 Å². The molecule has 0 unspecified atom stereocenters. The molecule has 2 aliphatic heterocycles. The summed E-state index contributed by atoms with van der Waals surface area (Å²) in [5.74, 6) is -0.581. The Hall–Kier alpha value is -3.82. The van der Waals surface area contributed by atoms with E-state index >= 15 is 0 Å². The molecule has 0 radical (unpaired) electrons. The van der Waals surface area contributed by atoms with Crippen molar-refractivity contribution in [1.82, 2.24) is 9.21 Å². The largest absolute Gasteiger partial charge is 0.444 e. The van der Waals surface area contributed by atoms with Crippen LogP contribution < -0.4 is 14.5 Å². The maximum atomic E-state index is 13.7. The number of halogens is 2. The molecule has 0 bridgehead atoms. The first-order valence-corrected chi connectivity index (χ1v) is 20.2. The minimum atomic E-state index is -3.82. The maximum absolute atomic E-state index is 13.7. The summed E-state index contributed by atoms with van der Waals surface area (Å²) < 4.78 is 59.9. The van der Waals surface area contributed by atoms with E-state index in [1.54, 1.807) is 62.1 Å². The van der Waals surface area contributed by atoms with Crippen molar-refractivity contribution in [1.29, 1.82) is 0 Å². The van der Waals surface area contributed by atoms with Gasteiger partial charge >= 0.3 is 6.09 Å². The van der Waals surface area contributed by atoms with Crippen LogP contribution in [0, 0.1) is 0 Å². The van der Waals surface area contributed by atoms with E-state index in [1.807, 2.05) is 11.0 Å². The summed E-state index contributed by atoms with van der Waals surface area (Å²) in [5.41, 5.74) is 2.39. The van der Waals surface area contributed by atoms with Crippen molar-refractivity contribution in [2.75, 3.05) is 67.1 Å². The van der Waals surface area contributed by atoms with Gasteiger partial charge in [-0.2, -0.15) is 4.31 Å². The third-order valence-corrected chi connectivity index (χ3v) is 12.1. The minimum absolute atomic E-state index is 0.0731. The predicted molar refractivity (Wildman–Crippen MR) is 202 cm³/mol. The van der Waals surface area contributed by atoms with Gasteiger partial charge < -0.3 is 19.9 Å². The number of nitrogens with one attached hydrogen (secondary N) is 1. The number of hydrogen-bond donors (Lipinski definition) is 1. The van der Waals surface area contributed by atoms with E-state index in [2.05, 4.69) is 5.32 Å². The fourth-order valence-corrected chi connectivity index (χ4v) is 8.21. The standard InChI is InChI=1S/C35H41Cl2N5O7S2/c1-35(2,3)49-34(44)41-14-12-24(13-15-41)25-6-11-32(39(4)50(5,45)46)31(20-25)33(43)38-28-7-9-30(10-8-28)51(47,48)42-18-16-40(17-19-42)29-22-26(36)21-27(37)23-29/h6-12,20-23H,13-19H2,1-5H3,(H,38,43). The number of anilines is 3. The minimum Gasteiger partial charge on any atom is -0.444 e. The molecule has 2 amide bonds. The number of amides is 2. The van der Waals surface area contributed by atoms with E-state index in [1.165, 1.54) is 35.6 Å². The lowest BCUT2D eigenvalue weighted by molar-refractivity contribution is 0.0270. The average Bonchev–Trinajstić information content (AvgIpc) is 3.06. The van der Waals surface area contributed by atoms with Gasteiger partial charge in [0, 0.05) is 67.7 Å². The molecule has 2 aliphatic rings. The van der Waals surface area contributed by atoms with Crippen molar-refractivity contribution < 1.29 is 31.2 Å². The summed E-state index contributed by atoms with van der Waals surface area (Å²) in [4.78, 5) is 30.0. The van der Waals surface area contributed by atoms with Crippen molar-refractivity contribution in [3.8, 4) is 0 Å². The van der Waals surface area contributed by atoms with Crippen LogP contribution in [0.3, 0.4) is 0 Å². The Balaban J connectivity index is 1.31. The number of sulfonamides is 2. The lowest BCUT2D eigenvalue weighted by Crippen LogP contribution is -2.48. The van der Waals surface area contributed by atoms with Crippen LogP contribution >= 0.6 is 23.2 Å². The predicted octanol–water partition coefficient (Wildman–Crippen LogP) is 6.18. The highest BCUT2D eigenvalue weighted by Crippen LogP contribution is 2.31. The van der Waals surface area contributed by atoms with Crippen molar-refractivity contribution >= 4 is 77.9 Å². The van der Waals surface area contributed by atoms with Crippen LogP contribution in [-0.2, 0) is 24.8 Å². The SMILES string of the molecule is CN(c1ccc(C2=CCN(C(=O)OC(C)(C)C)CC2)cc1C(=O)Nc1ccc(S(=O)(=O)N2CCN(c3cc(Cl)cc(Cl)c3)CC2)cc1)S(C)(=O)=O. The second-order valence-electron chi connectivity index (χ2n) is 13.4. The molecule has 2 heterocycles. The van der Waals surface area contributed by atoms with Crippen LogP contribution in [0.2, 0.25) is 10.0 Å². The molecule has 0 atom stereocenters. The smallest absolute Gasteiger partial charge is 0.410 e. The molecule has 5 rings (SSSR count). The van der Waals surface area contributed by atoms with Crippen molar-refractivity contribution in [3.05, 3.63) is 87.9 Å². The first-order valence-electron chi connectivity index (χ1n) is 16.2. The molecule has 1 N–H and O–H groups in total. The summed E-state index contributed by atoms with van der Waals surface area (Å²) in [6.45, 7) is 7.56. The maximum Gasteiger partial charge on any atom is 0.410 e. The molecule has 0 saturated carbocycles. The van der Waals surface area contributed by atoms with Crippen molar-refractivity contribution in [2.45, 2.75) is 37.7 Å². The highest BCUT2D eigenvalue weighted by atomic mass is 35.5. The second kappa shape index (κ2) is 15.0. The number of piperazine rings is 1. The molecule has 51 heavy (non-hydrogen) atoms. The van der Waals surface area contributed by atoms with Gasteiger partial charge in [0.25, 0.3) is 5.91 Å². The number of carbonyl (C=O) groups excluding carboxylic acids is 2. The second-order valence-corrected chi connectivity index (χ2v) is 18.2. The van der Waals surface area contributed by atoms with Gasteiger partial charge in [-0.1, -0.05) is 35.3 Å². The monoisotopic (exact) mass is 777 g/mol. The first kappa shape index (κ1) is 38.4. The fraction of sp³-hybridized carbons (Fsp3) is 0.371. The number of hydrogen-bond acceptors (Lipinski definition) is 8. The van der Waals surface area contributed by atoms with Gasteiger partial charge in [-0.3, -0.25) is 9.10 Å². The van der Waals surface area contributed by atoms with Gasteiger partial charge in [0.1, 0.15) is 5.60 Å². The number of rotatable bonds is 8. The number of carbonyl (C=O) groups is 2. The molecule has 3 aromatic rings. The summed E-state index contributed by atoms with van der Waals surface area (Å²) >= 11 is 12.3. The first-order chi connectivity index (χ1) is 23.8. The molecule has 3 aromatic carbocycles. The summed E-state index contributed by atoms with van der Waals surface area (Å²) in [7, 11) is -6.17. The molecule has 1 saturated heterocycles. The van der Waals surface area contributed by atoms with Crippen molar-refractivity contribution in [3.63, 3.8) is 0 Å². The molecule has 0 aliphatic carbocycles. The molecule has 0 spiro atoms. The Kier molecular flexibility index (Phi) is 11.3. The Morgan fingerprint density at radius 2 is 1.49 bits per heavy atom. The molecule has 12 nitrogen and oxygen atoms in total. The Labute approximate surface area is 309 Å². The fourth-order valence-electron chi connectivity index (χ4n) is 5.76. The highest BCUT2D eigenvalue weighted by Gasteiger charge is 2.30. The molecular weight excluding hydrogens is 737 g/mol. The van der Waals surface area contributed by atoms with E-state index in [9.17, 15) is 26.4 Å². The van der Waals surface area contributed by atoms with Gasteiger partial charge in [-0.25, -0.2) is 21.6 Å². The zero-order chi connectivity index (χ0) is 37.3. The van der Waals surface area contributed by atoms with Crippen LogP contribution in [0.5, 0.6) is 0 Å². The molecule has 0 aromatic heterocycles. The molecule has 16 heteroatoms. The van der Waals surface area contributed by atoms with E-state index in [4.69, 9.17) is 27.9 Å². The van der Waals surface area contributed by atoms with Crippen LogP contribution in [-0.4, -0.2) is 96.2 Å². The van der Waals surface area contributed by atoms with Gasteiger partial charge in [0.2, 0.25) is 20.0 Å². The number of benzene rings is 3. The van der Waals surface area contributed by atoms with E-state index in [-0.39, 0.29) is 29.2 Å². The molecular formula is C35H41Cl2N5O7S2. The quantitative estimate of drug-likeness (QED) is 0.287. The zero-order valence-corrected chi connectivity index (χ0v) is 32.2. The van der Waals surface area contributed by atoms with Gasteiger partial charge in [-0.15, -0.1) is 0 Å². The highest BCUT2D eigenvalue weighted by molar-refractivity contribution is 7.92. The van der Waals surface area contributed by atoms with Crippen LogP contribution in [0.15, 0.2) is 71.6 Å². The van der Waals surface area contributed by atoms with E-state index in [0.717, 1.165) is 21.8 Å². The van der Waals surface area contributed by atoms with Gasteiger partial charge in [0.05, 0.1) is 22.4 Å². The number of ether oxygens (including phenoxy) is 1. The third kappa shape index (κ3) is 9.35. The van der Waals surface area contributed by atoms with Crippen molar-refractivity contribution in [2.24, 2.45) is 0 Å². The third-order valence-electron chi connectivity index (χ3n) is 8.51. The van der Waals surface area contributed by atoms with Crippen LogP contribution in [0.1, 0.15) is 43.1 Å². The molecule has 274 valence electrons. The topological polar surface area (TPSA) is 137 Å². The van der Waals surface area contributed by atoms with Crippen LogP contribution in [0.4, 0.5) is 21.9 Å². The zero-order valence-electron chi connectivity index (χ0n) is 29.0. The van der Waals surface area contributed by atoms with Gasteiger partial charge in [-0.05, 0) is 92.9 Å².